The number of rotatable bonds is 7. The fourth-order valence-electron chi connectivity index (χ4n) is 2.90. The van der Waals surface area contributed by atoms with Gasteiger partial charge in [-0.25, -0.2) is 4.39 Å². The van der Waals surface area contributed by atoms with E-state index >= 15 is 0 Å². The number of nitrogens with one attached hydrogen (secondary N) is 1. The normalized spacial score (nSPS) is 18.8. The van der Waals surface area contributed by atoms with E-state index < -0.39 is 6.10 Å². The number of hydrogen-bond acceptors (Lipinski definition) is 6. The summed E-state index contributed by atoms with van der Waals surface area (Å²) in [5.74, 6) is 1.13. The van der Waals surface area contributed by atoms with Gasteiger partial charge in [-0.2, -0.15) is 5.10 Å². The van der Waals surface area contributed by atoms with Crippen LogP contribution in [0.25, 0.3) is 0 Å². The van der Waals surface area contributed by atoms with Crippen LogP contribution in [0.2, 0.25) is 0 Å². The zero-order chi connectivity index (χ0) is 17.5. The summed E-state index contributed by atoms with van der Waals surface area (Å²) in [7, 11) is 0. The van der Waals surface area contributed by atoms with Gasteiger partial charge in [-0.05, 0) is 49.2 Å². The molecule has 0 saturated carbocycles. The third-order valence-electron chi connectivity index (χ3n) is 4.20. The van der Waals surface area contributed by atoms with E-state index in [1.54, 1.807) is 18.3 Å². The highest BCUT2D eigenvalue weighted by atomic mass is 19.1. The number of benzene rings is 1. The summed E-state index contributed by atoms with van der Waals surface area (Å²) < 4.78 is 18.3. The molecule has 1 saturated heterocycles. The van der Waals surface area contributed by atoms with E-state index in [0.717, 1.165) is 31.7 Å². The van der Waals surface area contributed by atoms with Crippen LogP contribution in [0.15, 0.2) is 42.6 Å². The van der Waals surface area contributed by atoms with Crippen molar-refractivity contribution in [3.05, 3.63) is 48.4 Å². The molecule has 0 unspecified atom stereocenters. The average molecular weight is 346 g/mol. The second kappa shape index (κ2) is 8.73. The average Bonchev–Trinajstić information content (AvgIpc) is 2.67. The second-order valence-electron chi connectivity index (χ2n) is 6.19. The van der Waals surface area contributed by atoms with E-state index in [1.165, 1.54) is 12.1 Å². The van der Waals surface area contributed by atoms with Gasteiger partial charge in [0, 0.05) is 31.9 Å². The van der Waals surface area contributed by atoms with Gasteiger partial charge in [0.1, 0.15) is 24.3 Å². The third kappa shape index (κ3) is 5.37. The molecule has 134 valence electrons. The number of hydrogen-bond donors (Lipinski definition) is 2. The van der Waals surface area contributed by atoms with Gasteiger partial charge >= 0.3 is 0 Å². The zero-order valence-electron chi connectivity index (χ0n) is 14.0. The molecule has 0 radical (unpaired) electrons. The molecule has 7 heteroatoms. The molecule has 0 aliphatic carbocycles. The Balaban J connectivity index is 1.40. The fraction of sp³-hybridized carbons (Fsp3) is 0.444. The Hall–Kier alpha value is -2.25. The number of piperidine rings is 1. The van der Waals surface area contributed by atoms with Crippen molar-refractivity contribution in [2.24, 2.45) is 0 Å². The van der Waals surface area contributed by atoms with Gasteiger partial charge in [-0.3, -0.25) is 0 Å². The lowest BCUT2D eigenvalue weighted by Crippen LogP contribution is -2.48. The first-order valence-corrected chi connectivity index (χ1v) is 8.53. The van der Waals surface area contributed by atoms with Crippen molar-refractivity contribution < 1.29 is 14.2 Å². The summed E-state index contributed by atoms with van der Waals surface area (Å²) >= 11 is 0. The zero-order valence-corrected chi connectivity index (χ0v) is 14.0. The third-order valence-corrected chi connectivity index (χ3v) is 4.20. The van der Waals surface area contributed by atoms with Gasteiger partial charge in [-0.15, -0.1) is 5.10 Å². The van der Waals surface area contributed by atoms with E-state index in [9.17, 15) is 9.50 Å². The fourth-order valence-corrected chi connectivity index (χ4v) is 2.90. The minimum absolute atomic E-state index is 0.166. The second-order valence-corrected chi connectivity index (χ2v) is 6.19. The molecule has 0 spiro atoms. The van der Waals surface area contributed by atoms with Crippen molar-refractivity contribution in [3.8, 4) is 5.75 Å². The molecule has 1 aliphatic rings. The van der Waals surface area contributed by atoms with Crippen molar-refractivity contribution in [3.63, 3.8) is 0 Å². The molecule has 25 heavy (non-hydrogen) atoms. The van der Waals surface area contributed by atoms with E-state index in [-0.39, 0.29) is 18.5 Å². The van der Waals surface area contributed by atoms with Crippen LogP contribution in [-0.4, -0.2) is 53.7 Å². The summed E-state index contributed by atoms with van der Waals surface area (Å²) in [6, 6.07) is 9.91. The topological polar surface area (TPSA) is 70.5 Å². The molecular formula is C18H23FN4O2. The first-order valence-electron chi connectivity index (χ1n) is 8.53. The van der Waals surface area contributed by atoms with Crippen molar-refractivity contribution in [2.75, 3.05) is 31.1 Å². The summed E-state index contributed by atoms with van der Waals surface area (Å²) in [4.78, 5) is 2.20. The highest BCUT2D eigenvalue weighted by Crippen LogP contribution is 2.16. The molecule has 2 N–H and O–H groups in total. The highest BCUT2D eigenvalue weighted by molar-refractivity contribution is 5.37. The van der Waals surface area contributed by atoms with Gasteiger partial charge in [0.05, 0.1) is 0 Å². The standard InChI is InChI=1S/C18H23FN4O2/c19-14-5-7-17(8-6-14)25-13-16(24)11-20-15-3-2-10-23(12-15)18-4-1-9-21-22-18/h1,4-9,15-16,20,24H,2-3,10-13H2/t15-,16+/m0/s1. The summed E-state index contributed by atoms with van der Waals surface area (Å²) in [6.07, 6.45) is 3.16. The maximum atomic E-state index is 12.8. The molecule has 0 bridgehead atoms. The number of halogens is 1. The Labute approximate surface area is 146 Å². The van der Waals surface area contributed by atoms with Crippen molar-refractivity contribution in [1.82, 2.24) is 15.5 Å². The van der Waals surface area contributed by atoms with Crippen LogP contribution in [0.3, 0.4) is 0 Å². The molecule has 0 amide bonds. The maximum absolute atomic E-state index is 12.8. The lowest BCUT2D eigenvalue weighted by Gasteiger charge is -2.34. The molecule has 3 rings (SSSR count). The predicted octanol–water partition coefficient (Wildman–Crippen LogP) is 1.61. The Bertz CT molecular complexity index is 641. The maximum Gasteiger partial charge on any atom is 0.151 e. The molecule has 2 atom stereocenters. The van der Waals surface area contributed by atoms with Gasteiger partial charge in [0.2, 0.25) is 0 Å². The minimum atomic E-state index is -0.628. The molecule has 1 fully saturated rings. The largest absolute Gasteiger partial charge is 0.491 e. The molecule has 1 aromatic carbocycles. The van der Waals surface area contributed by atoms with Crippen LogP contribution in [-0.2, 0) is 0 Å². The molecule has 1 aliphatic heterocycles. The number of anilines is 1. The monoisotopic (exact) mass is 346 g/mol. The van der Waals surface area contributed by atoms with Crippen LogP contribution >= 0.6 is 0 Å². The minimum Gasteiger partial charge on any atom is -0.491 e. The number of aliphatic hydroxyl groups is 1. The van der Waals surface area contributed by atoms with Crippen LogP contribution < -0.4 is 15.0 Å². The van der Waals surface area contributed by atoms with Crippen LogP contribution in [0.5, 0.6) is 5.75 Å². The van der Waals surface area contributed by atoms with E-state index in [0.29, 0.717) is 12.3 Å². The SMILES string of the molecule is O[C@H](CN[C@H]1CCCN(c2cccnn2)C1)COc1ccc(F)cc1. The van der Waals surface area contributed by atoms with E-state index in [1.807, 2.05) is 12.1 Å². The molecule has 1 aromatic heterocycles. The van der Waals surface area contributed by atoms with Crippen LogP contribution in [0.1, 0.15) is 12.8 Å². The number of nitrogens with zero attached hydrogens (tertiary/aromatic N) is 3. The van der Waals surface area contributed by atoms with Gasteiger partial charge in [-0.1, -0.05) is 0 Å². The molecular weight excluding hydrogens is 323 g/mol. The summed E-state index contributed by atoms with van der Waals surface area (Å²) in [6.45, 7) is 2.41. The Morgan fingerprint density at radius 1 is 1.32 bits per heavy atom. The number of aromatic nitrogens is 2. The first kappa shape index (κ1) is 17.6. The first-order chi connectivity index (χ1) is 12.2. The van der Waals surface area contributed by atoms with Crippen LogP contribution in [0.4, 0.5) is 10.2 Å². The Kier molecular flexibility index (Phi) is 6.14. The van der Waals surface area contributed by atoms with Crippen molar-refractivity contribution >= 4 is 5.82 Å². The number of aliphatic hydroxyl groups excluding tert-OH is 1. The Morgan fingerprint density at radius 3 is 2.92 bits per heavy atom. The summed E-state index contributed by atoms with van der Waals surface area (Å²) in [5.41, 5.74) is 0. The quantitative estimate of drug-likeness (QED) is 0.794. The van der Waals surface area contributed by atoms with E-state index in [2.05, 4.69) is 20.4 Å². The summed E-state index contributed by atoms with van der Waals surface area (Å²) in [5, 5.41) is 21.5. The molecule has 2 heterocycles. The molecule has 6 nitrogen and oxygen atoms in total. The predicted molar refractivity (Wildman–Crippen MR) is 93.2 cm³/mol. The lowest BCUT2D eigenvalue weighted by atomic mass is 10.1. The lowest BCUT2D eigenvalue weighted by molar-refractivity contribution is 0.103. The highest BCUT2D eigenvalue weighted by Gasteiger charge is 2.21. The van der Waals surface area contributed by atoms with Crippen molar-refractivity contribution in [2.45, 2.75) is 25.0 Å². The van der Waals surface area contributed by atoms with Gasteiger partial charge in [0.15, 0.2) is 5.82 Å². The van der Waals surface area contributed by atoms with Gasteiger partial charge in [0.25, 0.3) is 0 Å². The Morgan fingerprint density at radius 2 is 2.16 bits per heavy atom. The van der Waals surface area contributed by atoms with E-state index in [4.69, 9.17) is 4.74 Å². The molecule has 2 aromatic rings. The van der Waals surface area contributed by atoms with Gasteiger partial charge < -0.3 is 20.1 Å². The number of ether oxygens (including phenoxy) is 1. The smallest absolute Gasteiger partial charge is 0.151 e. The van der Waals surface area contributed by atoms with Crippen LogP contribution in [0, 0.1) is 5.82 Å². The van der Waals surface area contributed by atoms with Crippen molar-refractivity contribution in [1.29, 1.82) is 0 Å².